The van der Waals surface area contributed by atoms with Gasteiger partial charge in [0, 0.05) is 20.2 Å². The largest absolute Gasteiger partial charge is 0.383 e. The van der Waals surface area contributed by atoms with Gasteiger partial charge in [-0.1, -0.05) is 6.92 Å². The van der Waals surface area contributed by atoms with Crippen molar-refractivity contribution in [1.29, 1.82) is 0 Å². The molecule has 4 N–H and O–H groups in total. The fourth-order valence-electron chi connectivity index (χ4n) is 1.57. The first-order valence-electron chi connectivity index (χ1n) is 5.39. The summed E-state index contributed by atoms with van der Waals surface area (Å²) in [6.45, 7) is 4.70. The minimum absolute atomic E-state index is 0.202. The number of amides is 1. The molecule has 0 radical (unpaired) electrons. The van der Waals surface area contributed by atoms with E-state index < -0.39 is 0 Å². The first kappa shape index (κ1) is 14.3. The second kappa shape index (κ2) is 8.64. The molecule has 1 atom stereocenters. The third-order valence-electron chi connectivity index (χ3n) is 2.39. The smallest absolute Gasteiger partial charge is 0.234 e. The summed E-state index contributed by atoms with van der Waals surface area (Å²) in [5.41, 5.74) is 10.8. The summed E-state index contributed by atoms with van der Waals surface area (Å²) < 4.78 is 5.00. The zero-order valence-electron chi connectivity index (χ0n) is 9.74. The first-order chi connectivity index (χ1) is 7.17. The van der Waals surface area contributed by atoms with E-state index in [0.717, 1.165) is 25.9 Å². The van der Waals surface area contributed by atoms with Gasteiger partial charge in [0.25, 0.3) is 0 Å². The topological polar surface area (TPSA) is 81.6 Å². The van der Waals surface area contributed by atoms with E-state index in [9.17, 15) is 4.79 Å². The molecule has 0 aliphatic rings. The molecule has 5 nitrogen and oxygen atoms in total. The van der Waals surface area contributed by atoms with E-state index in [4.69, 9.17) is 16.2 Å². The second-order valence-electron chi connectivity index (χ2n) is 3.50. The molecule has 1 unspecified atom stereocenters. The fourth-order valence-corrected chi connectivity index (χ4v) is 1.57. The molecule has 15 heavy (non-hydrogen) atoms. The molecule has 0 aliphatic heterocycles. The minimum atomic E-state index is -0.273. The van der Waals surface area contributed by atoms with Crippen molar-refractivity contribution in [1.82, 2.24) is 4.90 Å². The van der Waals surface area contributed by atoms with Gasteiger partial charge in [-0.3, -0.25) is 9.69 Å². The monoisotopic (exact) mass is 217 g/mol. The molecule has 0 heterocycles. The van der Waals surface area contributed by atoms with Crippen molar-refractivity contribution in [3.63, 3.8) is 0 Å². The molecule has 0 aliphatic carbocycles. The summed E-state index contributed by atoms with van der Waals surface area (Å²) >= 11 is 0. The van der Waals surface area contributed by atoms with Crippen molar-refractivity contribution in [3.05, 3.63) is 0 Å². The Balaban J connectivity index is 4.22. The Morgan fingerprint density at radius 3 is 2.53 bits per heavy atom. The van der Waals surface area contributed by atoms with Gasteiger partial charge in [-0.2, -0.15) is 0 Å². The zero-order chi connectivity index (χ0) is 11.7. The summed E-state index contributed by atoms with van der Waals surface area (Å²) in [4.78, 5) is 13.2. The van der Waals surface area contributed by atoms with Crippen LogP contribution in [0.4, 0.5) is 0 Å². The lowest BCUT2D eigenvalue weighted by Gasteiger charge is -2.28. The van der Waals surface area contributed by atoms with Gasteiger partial charge in [0.1, 0.15) is 0 Å². The van der Waals surface area contributed by atoms with Crippen LogP contribution in [0.15, 0.2) is 0 Å². The number of hydrogen-bond donors (Lipinski definition) is 2. The Hall–Kier alpha value is -0.650. The summed E-state index contributed by atoms with van der Waals surface area (Å²) in [5.74, 6) is -0.273. The van der Waals surface area contributed by atoms with E-state index in [0.29, 0.717) is 13.2 Å². The highest BCUT2D eigenvalue weighted by Gasteiger charge is 2.20. The molecule has 0 saturated carbocycles. The maximum absolute atomic E-state index is 11.2. The van der Waals surface area contributed by atoms with Gasteiger partial charge < -0.3 is 16.2 Å². The quantitative estimate of drug-likeness (QED) is 0.548. The van der Waals surface area contributed by atoms with Gasteiger partial charge in [-0.25, -0.2) is 0 Å². The van der Waals surface area contributed by atoms with E-state index in [-0.39, 0.29) is 11.9 Å². The van der Waals surface area contributed by atoms with Crippen LogP contribution >= 0.6 is 0 Å². The van der Waals surface area contributed by atoms with Gasteiger partial charge in [0.2, 0.25) is 5.91 Å². The molecule has 0 bridgehead atoms. The predicted octanol–water partition coefficient (Wildman–Crippen LogP) is -0.452. The molecule has 0 spiro atoms. The van der Waals surface area contributed by atoms with Crippen molar-refractivity contribution >= 4 is 5.91 Å². The van der Waals surface area contributed by atoms with Crippen molar-refractivity contribution in [3.8, 4) is 0 Å². The fraction of sp³-hybridized carbons (Fsp3) is 0.900. The Kier molecular flexibility index (Phi) is 8.27. The Labute approximate surface area is 91.7 Å². The highest BCUT2D eigenvalue weighted by atomic mass is 16.5. The summed E-state index contributed by atoms with van der Waals surface area (Å²) in [6.07, 6.45) is 1.59. The van der Waals surface area contributed by atoms with E-state index >= 15 is 0 Å². The van der Waals surface area contributed by atoms with Gasteiger partial charge >= 0.3 is 0 Å². The van der Waals surface area contributed by atoms with Gasteiger partial charge in [0.15, 0.2) is 0 Å². The molecule has 0 aromatic heterocycles. The lowest BCUT2D eigenvalue weighted by Crippen LogP contribution is -2.46. The van der Waals surface area contributed by atoms with Crippen LogP contribution < -0.4 is 11.5 Å². The van der Waals surface area contributed by atoms with Crippen LogP contribution in [-0.4, -0.2) is 50.2 Å². The molecule has 0 aromatic rings. The van der Waals surface area contributed by atoms with Crippen LogP contribution in [0.2, 0.25) is 0 Å². The number of methoxy groups -OCH3 is 1. The molecule has 0 fully saturated rings. The average Bonchev–Trinajstić information content (AvgIpc) is 2.21. The normalized spacial score (nSPS) is 13.1. The Morgan fingerprint density at radius 2 is 2.13 bits per heavy atom. The number of carbonyl (C=O) groups excluding carboxylic acids is 1. The van der Waals surface area contributed by atoms with Crippen molar-refractivity contribution in [2.24, 2.45) is 11.5 Å². The number of nitrogens with two attached hydrogens (primary N) is 2. The Morgan fingerprint density at radius 1 is 1.47 bits per heavy atom. The number of hydrogen-bond acceptors (Lipinski definition) is 4. The molecular weight excluding hydrogens is 194 g/mol. The van der Waals surface area contributed by atoms with Crippen LogP contribution in [0.3, 0.4) is 0 Å². The lowest BCUT2D eigenvalue weighted by atomic mass is 10.1. The van der Waals surface area contributed by atoms with Crippen molar-refractivity contribution in [2.75, 3.05) is 33.4 Å². The SMILES string of the molecule is CCC(C(N)=O)N(CCCN)CCOC. The lowest BCUT2D eigenvalue weighted by molar-refractivity contribution is -0.123. The minimum Gasteiger partial charge on any atom is -0.383 e. The van der Waals surface area contributed by atoms with Crippen molar-refractivity contribution in [2.45, 2.75) is 25.8 Å². The third-order valence-corrected chi connectivity index (χ3v) is 2.39. The maximum atomic E-state index is 11.2. The molecule has 0 rings (SSSR count). The Bertz CT molecular complexity index is 168. The molecule has 90 valence electrons. The maximum Gasteiger partial charge on any atom is 0.234 e. The van der Waals surface area contributed by atoms with Crippen LogP contribution in [0.1, 0.15) is 19.8 Å². The third kappa shape index (κ3) is 5.71. The number of primary amides is 1. The second-order valence-corrected chi connectivity index (χ2v) is 3.50. The summed E-state index contributed by atoms with van der Waals surface area (Å²) in [7, 11) is 1.65. The van der Waals surface area contributed by atoms with Gasteiger partial charge in [-0.05, 0) is 19.4 Å². The predicted molar refractivity (Wildman–Crippen MR) is 60.4 cm³/mol. The van der Waals surface area contributed by atoms with Crippen LogP contribution in [0, 0.1) is 0 Å². The molecular formula is C10H23N3O2. The number of ether oxygens (including phenoxy) is 1. The van der Waals surface area contributed by atoms with E-state index in [2.05, 4.69) is 0 Å². The van der Waals surface area contributed by atoms with E-state index in [1.165, 1.54) is 0 Å². The molecule has 0 saturated heterocycles. The molecule has 1 amide bonds. The first-order valence-corrected chi connectivity index (χ1v) is 5.39. The number of rotatable bonds is 9. The molecule has 5 heteroatoms. The standard InChI is InChI=1S/C10H23N3O2/c1-3-9(10(12)14)13(6-4-5-11)7-8-15-2/h9H,3-8,11H2,1-2H3,(H2,12,14). The average molecular weight is 217 g/mol. The van der Waals surface area contributed by atoms with Crippen LogP contribution in [0.25, 0.3) is 0 Å². The summed E-state index contributed by atoms with van der Waals surface area (Å²) in [6, 6.07) is -0.202. The van der Waals surface area contributed by atoms with Gasteiger partial charge in [-0.15, -0.1) is 0 Å². The molecule has 0 aromatic carbocycles. The van der Waals surface area contributed by atoms with E-state index in [1.54, 1.807) is 7.11 Å². The zero-order valence-corrected chi connectivity index (χ0v) is 9.74. The summed E-state index contributed by atoms with van der Waals surface area (Å²) in [5, 5.41) is 0. The van der Waals surface area contributed by atoms with Gasteiger partial charge in [0.05, 0.1) is 12.6 Å². The number of carbonyl (C=O) groups is 1. The van der Waals surface area contributed by atoms with Crippen LogP contribution in [-0.2, 0) is 9.53 Å². The van der Waals surface area contributed by atoms with E-state index in [1.807, 2.05) is 11.8 Å². The highest BCUT2D eigenvalue weighted by molar-refractivity contribution is 5.79. The number of nitrogens with zero attached hydrogens (tertiary/aromatic N) is 1. The highest BCUT2D eigenvalue weighted by Crippen LogP contribution is 2.04. The van der Waals surface area contributed by atoms with Crippen LogP contribution in [0.5, 0.6) is 0 Å². The van der Waals surface area contributed by atoms with Crippen molar-refractivity contribution < 1.29 is 9.53 Å².